The number of benzene rings is 2. The van der Waals surface area contributed by atoms with E-state index in [0.29, 0.717) is 29.3 Å². The maximum Gasteiger partial charge on any atom is 0.181 e. The number of H-pyrrole nitrogens is 1. The fraction of sp³-hybridized carbons (Fsp3) is 0.286. The molecule has 9 heteroatoms. The zero-order valence-electron chi connectivity index (χ0n) is 20.3. The lowest BCUT2D eigenvalue weighted by atomic mass is 10.0. The fourth-order valence-electron chi connectivity index (χ4n) is 5.03. The first-order valence-corrected chi connectivity index (χ1v) is 12.7. The standard InChI is InChI=1S/C28H28FN7O/c29-22-8-10-23(11-9-22)36-16-21(15-33-36)20-7-3-4-18(14-20)12-13-30-28(37)25-24-27(32-17-31-25)35-26(34-24)19-5-1-2-6-19/h3-4,7-11,14-17,19,28,30,37H,1-2,5-6,12-13H2,(H,31,32,34,35). The Kier molecular flexibility index (Phi) is 6.46. The molecule has 3 aromatic heterocycles. The maximum absolute atomic E-state index is 13.2. The molecule has 0 aliphatic heterocycles. The van der Waals surface area contributed by atoms with E-state index in [9.17, 15) is 9.50 Å². The van der Waals surface area contributed by atoms with Crippen LogP contribution in [0.1, 0.15) is 54.9 Å². The first kappa shape index (κ1) is 23.4. The molecule has 1 aliphatic carbocycles. The second-order valence-corrected chi connectivity index (χ2v) is 9.52. The molecular weight excluding hydrogens is 469 g/mol. The number of aliphatic hydroxyl groups is 1. The average molecular weight is 498 g/mol. The molecule has 0 bridgehead atoms. The number of imidazole rings is 1. The molecule has 0 amide bonds. The van der Waals surface area contributed by atoms with E-state index in [-0.39, 0.29) is 5.82 Å². The number of nitrogens with one attached hydrogen (secondary N) is 2. The third-order valence-electron chi connectivity index (χ3n) is 7.02. The lowest BCUT2D eigenvalue weighted by Gasteiger charge is -2.13. The van der Waals surface area contributed by atoms with Crippen LogP contribution in [0.25, 0.3) is 28.0 Å². The average Bonchev–Trinajstić information content (AvgIpc) is 3.69. The Balaban J connectivity index is 1.11. The number of halogens is 1. The minimum Gasteiger partial charge on any atom is -0.373 e. The number of nitrogens with zero attached hydrogens (tertiary/aromatic N) is 5. The van der Waals surface area contributed by atoms with Crippen molar-refractivity contribution in [3.05, 3.63) is 90.2 Å². The minimum atomic E-state index is -0.931. The van der Waals surface area contributed by atoms with Crippen molar-refractivity contribution in [3.8, 4) is 16.8 Å². The first-order valence-electron chi connectivity index (χ1n) is 12.7. The molecule has 2 aromatic carbocycles. The molecule has 1 saturated carbocycles. The predicted octanol–water partition coefficient (Wildman–Crippen LogP) is 4.83. The Morgan fingerprint density at radius 1 is 1.08 bits per heavy atom. The monoisotopic (exact) mass is 497 g/mol. The highest BCUT2D eigenvalue weighted by molar-refractivity contribution is 5.73. The van der Waals surface area contributed by atoms with Gasteiger partial charge in [0, 0.05) is 24.2 Å². The van der Waals surface area contributed by atoms with Gasteiger partial charge in [-0.1, -0.05) is 37.1 Å². The van der Waals surface area contributed by atoms with E-state index in [1.165, 1.54) is 31.3 Å². The summed E-state index contributed by atoms with van der Waals surface area (Å²) in [5.41, 5.74) is 5.76. The molecule has 8 nitrogen and oxygen atoms in total. The van der Waals surface area contributed by atoms with E-state index in [0.717, 1.165) is 47.5 Å². The number of aromatic nitrogens is 6. The van der Waals surface area contributed by atoms with Gasteiger partial charge in [0.2, 0.25) is 0 Å². The first-order chi connectivity index (χ1) is 18.1. The number of fused-ring (bicyclic) bond motifs is 1. The molecule has 0 spiro atoms. The molecule has 0 saturated heterocycles. The number of aliphatic hydroxyl groups excluding tert-OH is 1. The molecule has 1 fully saturated rings. The van der Waals surface area contributed by atoms with E-state index in [1.807, 2.05) is 18.3 Å². The summed E-state index contributed by atoms with van der Waals surface area (Å²) in [5, 5.41) is 18.4. The molecule has 5 aromatic rings. The van der Waals surface area contributed by atoms with Gasteiger partial charge < -0.3 is 10.1 Å². The minimum absolute atomic E-state index is 0.273. The number of rotatable bonds is 8. The molecule has 6 rings (SSSR count). The molecule has 188 valence electrons. The van der Waals surface area contributed by atoms with Gasteiger partial charge in [-0.15, -0.1) is 0 Å². The van der Waals surface area contributed by atoms with Crippen LogP contribution in [-0.4, -0.2) is 41.4 Å². The molecular formula is C28H28FN7O. The summed E-state index contributed by atoms with van der Waals surface area (Å²) in [6, 6.07) is 14.5. The van der Waals surface area contributed by atoms with Gasteiger partial charge in [0.05, 0.1) is 11.9 Å². The summed E-state index contributed by atoms with van der Waals surface area (Å²) in [7, 11) is 0. The van der Waals surface area contributed by atoms with Gasteiger partial charge in [0.25, 0.3) is 0 Å². The van der Waals surface area contributed by atoms with E-state index in [2.05, 4.69) is 42.5 Å². The molecule has 37 heavy (non-hydrogen) atoms. The zero-order valence-corrected chi connectivity index (χ0v) is 20.3. The fourth-order valence-corrected chi connectivity index (χ4v) is 5.03. The van der Waals surface area contributed by atoms with Crippen molar-refractivity contribution in [1.29, 1.82) is 0 Å². The Hall–Kier alpha value is -3.95. The molecule has 3 N–H and O–H groups in total. The van der Waals surface area contributed by atoms with Gasteiger partial charge >= 0.3 is 0 Å². The molecule has 1 aliphatic rings. The summed E-state index contributed by atoms with van der Waals surface area (Å²) in [5.74, 6) is 1.10. The Morgan fingerprint density at radius 2 is 1.92 bits per heavy atom. The van der Waals surface area contributed by atoms with Crippen molar-refractivity contribution in [2.45, 2.75) is 44.2 Å². The van der Waals surface area contributed by atoms with Gasteiger partial charge in [0.15, 0.2) is 5.65 Å². The van der Waals surface area contributed by atoms with E-state index in [4.69, 9.17) is 0 Å². The normalized spacial score (nSPS) is 15.0. The maximum atomic E-state index is 13.2. The van der Waals surface area contributed by atoms with Gasteiger partial charge in [-0.25, -0.2) is 24.0 Å². The molecule has 1 unspecified atom stereocenters. The van der Waals surface area contributed by atoms with Gasteiger partial charge in [-0.2, -0.15) is 5.10 Å². The van der Waals surface area contributed by atoms with Crippen LogP contribution in [-0.2, 0) is 6.42 Å². The van der Waals surface area contributed by atoms with Crippen LogP contribution in [0.2, 0.25) is 0 Å². The highest BCUT2D eigenvalue weighted by atomic mass is 19.1. The lowest BCUT2D eigenvalue weighted by molar-refractivity contribution is 0.137. The van der Waals surface area contributed by atoms with Crippen molar-refractivity contribution in [2.24, 2.45) is 0 Å². The molecule has 3 heterocycles. The van der Waals surface area contributed by atoms with Crippen LogP contribution in [0.5, 0.6) is 0 Å². The van der Waals surface area contributed by atoms with Crippen LogP contribution >= 0.6 is 0 Å². The summed E-state index contributed by atoms with van der Waals surface area (Å²) in [4.78, 5) is 16.7. The van der Waals surface area contributed by atoms with Crippen molar-refractivity contribution in [2.75, 3.05) is 6.54 Å². The van der Waals surface area contributed by atoms with Crippen molar-refractivity contribution in [3.63, 3.8) is 0 Å². The SMILES string of the molecule is OC(NCCc1cccc(-c2cnn(-c3ccc(F)cc3)c2)c1)c1ncnc2nc(C3CCCC3)[nH]c12. The van der Waals surface area contributed by atoms with E-state index >= 15 is 0 Å². The summed E-state index contributed by atoms with van der Waals surface area (Å²) < 4.78 is 15.0. The Bertz CT molecular complexity index is 1500. The largest absolute Gasteiger partial charge is 0.373 e. The number of hydrogen-bond donors (Lipinski definition) is 3. The smallest absolute Gasteiger partial charge is 0.181 e. The van der Waals surface area contributed by atoms with Crippen LogP contribution < -0.4 is 5.32 Å². The summed E-state index contributed by atoms with van der Waals surface area (Å²) in [6.45, 7) is 0.564. The highest BCUT2D eigenvalue weighted by Crippen LogP contribution is 2.33. The summed E-state index contributed by atoms with van der Waals surface area (Å²) >= 11 is 0. The number of aromatic amines is 1. The van der Waals surface area contributed by atoms with Gasteiger partial charge in [-0.3, -0.25) is 5.32 Å². The third-order valence-corrected chi connectivity index (χ3v) is 7.02. The Morgan fingerprint density at radius 3 is 2.76 bits per heavy atom. The van der Waals surface area contributed by atoms with Crippen LogP contribution in [0.15, 0.2) is 67.3 Å². The molecule has 0 radical (unpaired) electrons. The van der Waals surface area contributed by atoms with Crippen molar-refractivity contribution >= 4 is 11.2 Å². The quantitative estimate of drug-likeness (QED) is 0.265. The van der Waals surface area contributed by atoms with E-state index < -0.39 is 6.23 Å². The van der Waals surface area contributed by atoms with Crippen molar-refractivity contribution < 1.29 is 9.50 Å². The lowest BCUT2D eigenvalue weighted by Crippen LogP contribution is -2.24. The second-order valence-electron chi connectivity index (χ2n) is 9.52. The summed E-state index contributed by atoms with van der Waals surface area (Å²) in [6.07, 6.45) is 9.70. The van der Waals surface area contributed by atoms with Crippen molar-refractivity contribution in [1.82, 2.24) is 35.0 Å². The highest BCUT2D eigenvalue weighted by Gasteiger charge is 2.23. The van der Waals surface area contributed by atoms with Crippen LogP contribution in [0.3, 0.4) is 0 Å². The van der Waals surface area contributed by atoms with Crippen LogP contribution in [0, 0.1) is 5.82 Å². The number of hydrogen-bond acceptors (Lipinski definition) is 6. The second kappa shape index (κ2) is 10.2. The predicted molar refractivity (Wildman–Crippen MR) is 139 cm³/mol. The third kappa shape index (κ3) is 5.00. The van der Waals surface area contributed by atoms with Gasteiger partial charge in [-0.05, 0) is 54.7 Å². The van der Waals surface area contributed by atoms with Gasteiger partial charge in [0.1, 0.15) is 35.4 Å². The Labute approximate surface area is 213 Å². The topological polar surface area (TPSA) is 105 Å². The zero-order chi connectivity index (χ0) is 25.2. The van der Waals surface area contributed by atoms with Crippen LogP contribution in [0.4, 0.5) is 4.39 Å². The van der Waals surface area contributed by atoms with E-state index in [1.54, 1.807) is 23.0 Å². The molecule has 1 atom stereocenters.